The third-order valence-corrected chi connectivity index (χ3v) is 6.59. The summed E-state index contributed by atoms with van der Waals surface area (Å²) in [6, 6.07) is 13.3. The highest BCUT2D eigenvalue weighted by molar-refractivity contribution is 7.13. The predicted molar refractivity (Wildman–Crippen MR) is 149 cm³/mol. The summed E-state index contributed by atoms with van der Waals surface area (Å²) in [5.41, 5.74) is 3.63. The Bertz CT molecular complexity index is 1200. The molecule has 0 amide bonds. The van der Waals surface area contributed by atoms with Gasteiger partial charge in [0.25, 0.3) is 0 Å². The molecule has 0 unspecified atom stereocenters. The van der Waals surface area contributed by atoms with Crippen LogP contribution in [0.5, 0.6) is 5.75 Å². The SMILES string of the molecule is Cl.Cl.Cl.Oc1ccc(Nc2ccnc3cc(Cl)ccc23)cc1CN1CCN(c2nccs2)CC1. The molecule has 2 N–H and O–H groups in total. The van der Waals surface area contributed by atoms with E-state index in [2.05, 4.69) is 25.1 Å². The molecular weight excluding hydrogens is 536 g/mol. The molecule has 182 valence electrons. The van der Waals surface area contributed by atoms with Crippen molar-refractivity contribution in [1.29, 1.82) is 0 Å². The lowest BCUT2D eigenvalue weighted by Gasteiger charge is -2.34. The van der Waals surface area contributed by atoms with Gasteiger partial charge < -0.3 is 15.3 Å². The van der Waals surface area contributed by atoms with Crippen LogP contribution in [0, 0.1) is 0 Å². The van der Waals surface area contributed by atoms with Crippen LogP contribution < -0.4 is 10.2 Å². The smallest absolute Gasteiger partial charge is 0.185 e. The van der Waals surface area contributed by atoms with Gasteiger partial charge in [-0.2, -0.15) is 0 Å². The number of halogens is 4. The highest BCUT2D eigenvalue weighted by atomic mass is 35.5. The minimum absolute atomic E-state index is 0. The van der Waals surface area contributed by atoms with Gasteiger partial charge in [-0.25, -0.2) is 4.98 Å². The summed E-state index contributed by atoms with van der Waals surface area (Å²) in [5.74, 6) is 0.319. The molecule has 5 rings (SSSR count). The number of anilines is 3. The first-order valence-corrected chi connectivity index (χ1v) is 11.4. The van der Waals surface area contributed by atoms with Gasteiger partial charge in [-0.15, -0.1) is 48.6 Å². The number of nitrogens with zero attached hydrogens (tertiary/aromatic N) is 4. The van der Waals surface area contributed by atoms with Crippen molar-refractivity contribution in [1.82, 2.24) is 14.9 Å². The number of pyridine rings is 1. The summed E-state index contributed by atoms with van der Waals surface area (Å²) >= 11 is 7.78. The maximum Gasteiger partial charge on any atom is 0.185 e. The number of phenols is 1. The number of nitrogens with one attached hydrogen (secondary N) is 1. The van der Waals surface area contributed by atoms with Crippen LogP contribution in [0.25, 0.3) is 10.9 Å². The van der Waals surface area contributed by atoms with Crippen LogP contribution in [0.2, 0.25) is 5.02 Å². The van der Waals surface area contributed by atoms with E-state index >= 15 is 0 Å². The van der Waals surface area contributed by atoms with Gasteiger partial charge in [0.2, 0.25) is 0 Å². The minimum atomic E-state index is 0. The number of aromatic hydroxyl groups is 1. The number of benzene rings is 2. The van der Waals surface area contributed by atoms with Crippen LogP contribution in [-0.2, 0) is 6.54 Å². The van der Waals surface area contributed by atoms with Gasteiger partial charge in [-0.3, -0.25) is 9.88 Å². The van der Waals surface area contributed by atoms with Gasteiger partial charge in [-0.05, 0) is 42.5 Å². The average Bonchev–Trinajstić information content (AvgIpc) is 3.31. The number of hydrogen-bond donors (Lipinski definition) is 2. The fourth-order valence-electron chi connectivity index (χ4n) is 3.89. The Hall–Kier alpha value is -2.00. The molecule has 1 fully saturated rings. The van der Waals surface area contributed by atoms with Crippen molar-refractivity contribution >= 4 is 87.6 Å². The van der Waals surface area contributed by atoms with Gasteiger partial charge >= 0.3 is 0 Å². The molecule has 0 spiro atoms. The van der Waals surface area contributed by atoms with Crippen molar-refractivity contribution in [2.24, 2.45) is 0 Å². The van der Waals surface area contributed by atoms with Crippen molar-refractivity contribution in [3.63, 3.8) is 0 Å². The first-order chi connectivity index (χ1) is 15.2. The van der Waals surface area contributed by atoms with Gasteiger partial charge in [-0.1, -0.05) is 11.6 Å². The van der Waals surface area contributed by atoms with E-state index in [4.69, 9.17) is 11.6 Å². The van der Waals surface area contributed by atoms with Gasteiger partial charge in [0.15, 0.2) is 5.13 Å². The third-order valence-electron chi connectivity index (χ3n) is 5.52. The molecule has 6 nitrogen and oxygen atoms in total. The molecule has 2 aromatic carbocycles. The molecule has 11 heteroatoms. The minimum Gasteiger partial charge on any atom is -0.508 e. The lowest BCUT2D eigenvalue weighted by Crippen LogP contribution is -2.45. The molecule has 2 aromatic heterocycles. The van der Waals surface area contributed by atoms with Crippen LogP contribution >= 0.6 is 60.2 Å². The Labute approximate surface area is 226 Å². The lowest BCUT2D eigenvalue weighted by atomic mass is 10.1. The number of piperazine rings is 1. The second-order valence-corrected chi connectivity index (χ2v) is 8.88. The fraction of sp³-hybridized carbons (Fsp3) is 0.217. The molecule has 0 radical (unpaired) electrons. The second-order valence-electron chi connectivity index (χ2n) is 7.57. The summed E-state index contributed by atoms with van der Waals surface area (Å²) in [7, 11) is 0. The Balaban J connectivity index is 0.00000136. The average molecular weight is 561 g/mol. The number of hydrogen-bond acceptors (Lipinski definition) is 7. The van der Waals surface area contributed by atoms with Gasteiger partial charge in [0, 0.05) is 77.8 Å². The molecular formula is C23H25Cl4N5OS. The van der Waals surface area contributed by atoms with Crippen molar-refractivity contribution in [3.05, 3.63) is 70.8 Å². The van der Waals surface area contributed by atoms with Crippen LogP contribution in [0.4, 0.5) is 16.5 Å². The largest absolute Gasteiger partial charge is 0.508 e. The van der Waals surface area contributed by atoms with Crippen LogP contribution in [0.1, 0.15) is 5.56 Å². The molecule has 0 saturated carbocycles. The fourth-order valence-corrected chi connectivity index (χ4v) is 4.75. The zero-order valence-corrected chi connectivity index (χ0v) is 22.1. The molecule has 0 atom stereocenters. The zero-order valence-electron chi connectivity index (χ0n) is 18.1. The third kappa shape index (κ3) is 6.36. The van der Waals surface area contributed by atoms with Crippen molar-refractivity contribution in [3.8, 4) is 5.75 Å². The molecule has 3 heterocycles. The van der Waals surface area contributed by atoms with Crippen LogP contribution in [0.3, 0.4) is 0 Å². The Morgan fingerprint density at radius 3 is 2.47 bits per heavy atom. The van der Waals surface area contributed by atoms with E-state index in [1.54, 1.807) is 23.6 Å². The van der Waals surface area contributed by atoms with E-state index in [1.807, 2.05) is 48.0 Å². The van der Waals surface area contributed by atoms with E-state index < -0.39 is 0 Å². The monoisotopic (exact) mass is 559 g/mol. The van der Waals surface area contributed by atoms with E-state index in [-0.39, 0.29) is 37.2 Å². The first-order valence-electron chi connectivity index (χ1n) is 10.2. The molecule has 1 aliphatic heterocycles. The Kier molecular flexibility index (Phi) is 10.5. The van der Waals surface area contributed by atoms with E-state index in [0.717, 1.165) is 59.2 Å². The predicted octanol–water partition coefficient (Wildman–Crippen LogP) is 6.38. The maximum absolute atomic E-state index is 10.4. The summed E-state index contributed by atoms with van der Waals surface area (Å²) in [4.78, 5) is 13.5. The second kappa shape index (κ2) is 12.6. The van der Waals surface area contributed by atoms with E-state index in [9.17, 15) is 5.11 Å². The quantitative estimate of drug-likeness (QED) is 0.276. The molecule has 1 saturated heterocycles. The normalized spacial score (nSPS) is 13.5. The summed E-state index contributed by atoms with van der Waals surface area (Å²) in [6.45, 7) is 4.47. The van der Waals surface area contributed by atoms with Gasteiger partial charge in [0.1, 0.15) is 5.75 Å². The number of thiazole rings is 1. The first kappa shape index (κ1) is 28.2. The van der Waals surface area contributed by atoms with Crippen molar-refractivity contribution in [2.75, 3.05) is 36.4 Å². The summed E-state index contributed by atoms with van der Waals surface area (Å²) in [5, 5.41) is 18.7. The molecule has 0 aliphatic carbocycles. The molecule has 1 aliphatic rings. The van der Waals surface area contributed by atoms with Crippen molar-refractivity contribution in [2.45, 2.75) is 6.54 Å². The Morgan fingerprint density at radius 1 is 0.941 bits per heavy atom. The highest BCUT2D eigenvalue weighted by Gasteiger charge is 2.19. The summed E-state index contributed by atoms with van der Waals surface area (Å²) < 4.78 is 0. The zero-order chi connectivity index (χ0) is 21.2. The van der Waals surface area contributed by atoms with E-state index in [0.29, 0.717) is 17.3 Å². The summed E-state index contributed by atoms with van der Waals surface area (Å²) in [6.07, 6.45) is 3.62. The van der Waals surface area contributed by atoms with Crippen LogP contribution in [0.15, 0.2) is 60.2 Å². The van der Waals surface area contributed by atoms with Crippen LogP contribution in [-0.4, -0.2) is 46.2 Å². The van der Waals surface area contributed by atoms with Gasteiger partial charge in [0.05, 0.1) is 5.52 Å². The maximum atomic E-state index is 10.4. The van der Waals surface area contributed by atoms with Crippen molar-refractivity contribution < 1.29 is 5.11 Å². The highest BCUT2D eigenvalue weighted by Crippen LogP contribution is 2.30. The topological polar surface area (TPSA) is 64.5 Å². The molecule has 4 aromatic rings. The standard InChI is InChI=1S/C23H22ClN5OS.3ClH/c24-17-1-3-19-20(5-6-25-21(19)14-17)27-18-2-4-22(30)16(13-18)15-28-8-10-29(11-9-28)23-26-7-12-31-23;;;/h1-7,12-14,30H,8-11,15H2,(H,25,27);3*1H. The molecule has 0 bridgehead atoms. The lowest BCUT2D eigenvalue weighted by molar-refractivity contribution is 0.247. The number of rotatable bonds is 5. The number of aromatic nitrogens is 2. The number of fused-ring (bicyclic) bond motifs is 1. The van der Waals surface area contributed by atoms with E-state index in [1.165, 1.54) is 0 Å². The number of phenolic OH excluding ortho intramolecular Hbond substituents is 1. The Morgan fingerprint density at radius 2 is 1.74 bits per heavy atom. The molecule has 34 heavy (non-hydrogen) atoms.